The Morgan fingerprint density at radius 3 is 2.65 bits per heavy atom. The van der Waals surface area contributed by atoms with Crippen LogP contribution in [0.25, 0.3) is 0 Å². The minimum atomic E-state index is -4.43. The standard InChI is InChI=1S/C14H19F3N4O3S.HI/c1-18-13(21-11-4-7-25(22,23)9-11)19-5-6-24-12-3-2-10(8-20-12)14(15,16)17;/h2-3,8,11H,4-7,9H2,1H3,(H2,18,19,21);1H. The van der Waals surface area contributed by atoms with Crippen molar-refractivity contribution in [1.82, 2.24) is 15.6 Å². The first-order valence-corrected chi connectivity index (χ1v) is 9.35. The quantitative estimate of drug-likeness (QED) is 0.271. The first-order valence-electron chi connectivity index (χ1n) is 7.53. The van der Waals surface area contributed by atoms with Gasteiger partial charge in [0.05, 0.1) is 23.6 Å². The summed E-state index contributed by atoms with van der Waals surface area (Å²) in [5.74, 6) is 0.745. The number of hydrogen-bond acceptors (Lipinski definition) is 5. The lowest BCUT2D eigenvalue weighted by Gasteiger charge is -2.16. The topological polar surface area (TPSA) is 92.7 Å². The number of hydrogen-bond donors (Lipinski definition) is 2. The molecule has 2 heterocycles. The van der Waals surface area contributed by atoms with Crippen molar-refractivity contribution in [2.45, 2.75) is 18.6 Å². The second kappa shape index (κ2) is 9.58. The van der Waals surface area contributed by atoms with Crippen molar-refractivity contribution >= 4 is 39.8 Å². The average Bonchev–Trinajstić information content (AvgIpc) is 2.88. The van der Waals surface area contributed by atoms with Crippen molar-refractivity contribution in [2.24, 2.45) is 4.99 Å². The number of aliphatic imine (C=N–C) groups is 1. The predicted octanol–water partition coefficient (Wildman–Crippen LogP) is 1.45. The van der Waals surface area contributed by atoms with Crippen LogP contribution in [0.3, 0.4) is 0 Å². The van der Waals surface area contributed by atoms with Gasteiger partial charge in [0.1, 0.15) is 6.61 Å². The molecule has 1 aromatic heterocycles. The molecule has 0 spiro atoms. The van der Waals surface area contributed by atoms with E-state index in [-0.39, 0.29) is 54.0 Å². The first kappa shape index (κ1) is 22.7. The van der Waals surface area contributed by atoms with E-state index in [1.165, 1.54) is 0 Å². The summed E-state index contributed by atoms with van der Waals surface area (Å²) in [5.41, 5.74) is -0.839. The number of sulfone groups is 1. The highest BCUT2D eigenvalue weighted by atomic mass is 127. The summed E-state index contributed by atoms with van der Waals surface area (Å²) in [6.07, 6.45) is -3.20. The number of nitrogens with one attached hydrogen (secondary N) is 2. The van der Waals surface area contributed by atoms with Crippen LogP contribution in [0.4, 0.5) is 13.2 Å². The van der Waals surface area contributed by atoms with Gasteiger partial charge in [-0.15, -0.1) is 24.0 Å². The molecule has 1 atom stereocenters. The fraction of sp³-hybridized carbons (Fsp3) is 0.571. The van der Waals surface area contributed by atoms with Gasteiger partial charge in [-0.1, -0.05) is 0 Å². The Bertz CT molecular complexity index is 711. The van der Waals surface area contributed by atoms with Crippen molar-refractivity contribution in [3.05, 3.63) is 23.9 Å². The Kier molecular flexibility index (Phi) is 8.37. The summed E-state index contributed by atoms with van der Waals surface area (Å²) < 4.78 is 65.3. The molecule has 148 valence electrons. The molecule has 1 aromatic rings. The summed E-state index contributed by atoms with van der Waals surface area (Å²) in [4.78, 5) is 7.58. The average molecular weight is 508 g/mol. The molecule has 1 unspecified atom stereocenters. The van der Waals surface area contributed by atoms with Crippen molar-refractivity contribution < 1.29 is 26.3 Å². The number of aromatic nitrogens is 1. The van der Waals surface area contributed by atoms with Crippen molar-refractivity contribution in [3.8, 4) is 5.88 Å². The zero-order valence-electron chi connectivity index (χ0n) is 13.9. The number of halogens is 4. The van der Waals surface area contributed by atoms with Crippen molar-refractivity contribution in [2.75, 3.05) is 31.7 Å². The van der Waals surface area contributed by atoms with Gasteiger partial charge in [-0.3, -0.25) is 4.99 Å². The van der Waals surface area contributed by atoms with Gasteiger partial charge in [0.25, 0.3) is 0 Å². The molecule has 0 aliphatic carbocycles. The van der Waals surface area contributed by atoms with Crippen LogP contribution in [0.1, 0.15) is 12.0 Å². The lowest BCUT2D eigenvalue weighted by Crippen LogP contribution is -2.45. The molecule has 0 aromatic carbocycles. The molecule has 1 aliphatic rings. The summed E-state index contributed by atoms with van der Waals surface area (Å²) in [6, 6.07) is 1.87. The Morgan fingerprint density at radius 1 is 1.42 bits per heavy atom. The van der Waals surface area contributed by atoms with Crippen LogP contribution in [0.15, 0.2) is 23.3 Å². The maximum atomic E-state index is 12.4. The Labute approximate surface area is 166 Å². The second-order valence-corrected chi connectivity index (χ2v) is 7.70. The Morgan fingerprint density at radius 2 is 2.15 bits per heavy atom. The second-order valence-electron chi connectivity index (χ2n) is 5.47. The SMILES string of the molecule is CN=C(NCCOc1ccc(C(F)(F)F)cn1)NC1CCS(=O)(=O)C1.I. The van der Waals surface area contributed by atoms with Crippen LogP contribution >= 0.6 is 24.0 Å². The lowest BCUT2D eigenvalue weighted by molar-refractivity contribution is -0.137. The lowest BCUT2D eigenvalue weighted by atomic mass is 10.3. The van der Waals surface area contributed by atoms with Crippen molar-refractivity contribution in [3.63, 3.8) is 0 Å². The molecule has 1 saturated heterocycles. The van der Waals surface area contributed by atoms with E-state index in [0.29, 0.717) is 25.1 Å². The van der Waals surface area contributed by atoms with Crippen molar-refractivity contribution in [1.29, 1.82) is 0 Å². The third-order valence-electron chi connectivity index (χ3n) is 3.51. The maximum absolute atomic E-state index is 12.4. The fourth-order valence-electron chi connectivity index (χ4n) is 2.26. The van der Waals surface area contributed by atoms with Crippen LogP contribution in [-0.2, 0) is 16.0 Å². The Balaban J connectivity index is 0.00000338. The monoisotopic (exact) mass is 508 g/mol. The van der Waals surface area contributed by atoms with Crippen LogP contribution in [0.5, 0.6) is 5.88 Å². The van der Waals surface area contributed by atoms with E-state index in [1.54, 1.807) is 7.05 Å². The van der Waals surface area contributed by atoms with Gasteiger partial charge in [-0.25, -0.2) is 13.4 Å². The van der Waals surface area contributed by atoms with E-state index in [4.69, 9.17) is 4.74 Å². The van der Waals surface area contributed by atoms with Gasteiger partial charge in [0.2, 0.25) is 5.88 Å². The molecule has 0 bridgehead atoms. The van der Waals surface area contributed by atoms with Gasteiger partial charge < -0.3 is 15.4 Å². The number of alkyl halides is 3. The van der Waals surface area contributed by atoms with E-state index in [2.05, 4.69) is 20.6 Å². The van der Waals surface area contributed by atoms with Crippen LogP contribution in [0, 0.1) is 0 Å². The smallest absolute Gasteiger partial charge is 0.417 e. The minimum Gasteiger partial charge on any atom is -0.476 e. The molecule has 7 nitrogen and oxygen atoms in total. The number of guanidine groups is 1. The Hall–Kier alpha value is -1.31. The van der Waals surface area contributed by atoms with Gasteiger partial charge in [-0.05, 0) is 12.5 Å². The molecule has 26 heavy (non-hydrogen) atoms. The largest absolute Gasteiger partial charge is 0.476 e. The maximum Gasteiger partial charge on any atom is 0.417 e. The van der Waals surface area contributed by atoms with Gasteiger partial charge in [-0.2, -0.15) is 13.2 Å². The summed E-state index contributed by atoms with van der Waals surface area (Å²) in [6.45, 7) is 0.476. The number of nitrogens with zero attached hydrogens (tertiary/aromatic N) is 2. The van der Waals surface area contributed by atoms with Gasteiger partial charge >= 0.3 is 6.18 Å². The van der Waals surface area contributed by atoms with E-state index in [9.17, 15) is 21.6 Å². The molecule has 1 fully saturated rings. The van der Waals surface area contributed by atoms with Crippen LogP contribution in [-0.4, -0.2) is 57.1 Å². The molecular weight excluding hydrogens is 488 g/mol. The van der Waals surface area contributed by atoms with E-state index >= 15 is 0 Å². The third-order valence-corrected chi connectivity index (χ3v) is 5.27. The fourth-order valence-corrected chi connectivity index (χ4v) is 3.93. The molecular formula is C14H20F3IN4O3S. The molecule has 0 amide bonds. The zero-order chi connectivity index (χ0) is 18.5. The molecule has 0 saturated carbocycles. The van der Waals surface area contributed by atoms with Crippen LogP contribution < -0.4 is 15.4 Å². The molecule has 2 N–H and O–H groups in total. The zero-order valence-corrected chi connectivity index (χ0v) is 17.1. The van der Waals surface area contributed by atoms with E-state index in [0.717, 1.165) is 12.1 Å². The van der Waals surface area contributed by atoms with E-state index in [1.807, 2.05) is 0 Å². The summed E-state index contributed by atoms with van der Waals surface area (Å²) in [7, 11) is -1.43. The predicted molar refractivity (Wildman–Crippen MR) is 102 cm³/mol. The van der Waals surface area contributed by atoms with Gasteiger partial charge in [0, 0.05) is 25.4 Å². The molecule has 1 aliphatic heterocycles. The van der Waals surface area contributed by atoms with E-state index < -0.39 is 21.6 Å². The molecule has 12 heteroatoms. The van der Waals surface area contributed by atoms with Crippen LogP contribution in [0.2, 0.25) is 0 Å². The molecule has 0 radical (unpaired) electrons. The summed E-state index contributed by atoms with van der Waals surface area (Å²) in [5, 5.41) is 5.95. The van der Waals surface area contributed by atoms with Gasteiger partial charge in [0.15, 0.2) is 15.8 Å². The number of rotatable bonds is 5. The number of pyridine rings is 1. The summed E-state index contributed by atoms with van der Waals surface area (Å²) >= 11 is 0. The minimum absolute atomic E-state index is 0. The molecule has 2 rings (SSSR count). The highest BCUT2D eigenvalue weighted by Crippen LogP contribution is 2.29. The normalized spacial score (nSPS) is 19.5. The highest BCUT2D eigenvalue weighted by Gasteiger charge is 2.30. The third kappa shape index (κ3) is 7.13. The first-order chi connectivity index (χ1) is 11.7. The number of ether oxygens (including phenoxy) is 1. The highest BCUT2D eigenvalue weighted by molar-refractivity contribution is 14.0.